The Labute approximate surface area is 198 Å². The molecule has 0 aromatic heterocycles. The third-order valence-electron chi connectivity index (χ3n) is 6.60. The Morgan fingerprint density at radius 1 is 0.818 bits per heavy atom. The number of hydrogen-bond acceptors (Lipinski definition) is 6. The molecule has 182 valence electrons. The van der Waals surface area contributed by atoms with Crippen LogP contribution in [0.25, 0.3) is 0 Å². The van der Waals surface area contributed by atoms with E-state index < -0.39 is 39.0 Å². The van der Waals surface area contributed by atoms with Crippen molar-refractivity contribution in [2.75, 3.05) is 6.61 Å². The molecule has 1 fully saturated rings. The zero-order valence-electron chi connectivity index (χ0n) is 20.3. The fourth-order valence-electron chi connectivity index (χ4n) is 3.61. The molecule has 33 heavy (non-hydrogen) atoms. The van der Waals surface area contributed by atoms with E-state index in [0.29, 0.717) is 13.2 Å². The average Bonchev–Trinajstić information content (AvgIpc) is 2.78. The van der Waals surface area contributed by atoms with E-state index in [1.54, 1.807) is 0 Å². The van der Waals surface area contributed by atoms with Gasteiger partial charge in [0.1, 0.15) is 24.4 Å². The lowest BCUT2D eigenvalue weighted by molar-refractivity contribution is -0.301. The quantitative estimate of drug-likeness (QED) is 0.529. The van der Waals surface area contributed by atoms with Gasteiger partial charge in [-0.1, -0.05) is 81.4 Å². The van der Waals surface area contributed by atoms with Crippen molar-refractivity contribution in [1.82, 2.24) is 0 Å². The first-order chi connectivity index (χ1) is 15.6. The summed E-state index contributed by atoms with van der Waals surface area (Å²) in [5.74, 6) is 0. The molecule has 0 unspecified atom stereocenters. The van der Waals surface area contributed by atoms with E-state index in [1.807, 2.05) is 60.7 Å². The molecule has 1 heterocycles. The number of rotatable bonds is 9. The molecule has 5 atom stereocenters. The molecule has 1 aliphatic heterocycles. The molecule has 0 aliphatic carbocycles. The average molecular weight is 475 g/mol. The number of ether oxygens (including phenoxy) is 3. The molecule has 6 nitrogen and oxygen atoms in total. The monoisotopic (exact) mass is 474 g/mol. The second kappa shape index (κ2) is 11.2. The summed E-state index contributed by atoms with van der Waals surface area (Å²) in [6.07, 6.45) is -3.93. The van der Waals surface area contributed by atoms with Crippen molar-refractivity contribution < 1.29 is 28.8 Å². The van der Waals surface area contributed by atoms with E-state index in [4.69, 9.17) is 18.6 Å². The smallest absolute Gasteiger partial charge is 0.192 e. The highest BCUT2D eigenvalue weighted by Crippen LogP contribution is 2.40. The van der Waals surface area contributed by atoms with Gasteiger partial charge in [0.2, 0.25) is 0 Å². The molecule has 0 radical (unpaired) electrons. The summed E-state index contributed by atoms with van der Waals surface area (Å²) < 4.78 is 25.0. The van der Waals surface area contributed by atoms with Gasteiger partial charge in [-0.15, -0.1) is 0 Å². The minimum Gasteiger partial charge on any atom is -0.406 e. The first-order valence-electron chi connectivity index (χ1n) is 11.6. The van der Waals surface area contributed by atoms with Gasteiger partial charge < -0.3 is 28.8 Å². The molecule has 1 saturated heterocycles. The van der Waals surface area contributed by atoms with Gasteiger partial charge in [0, 0.05) is 0 Å². The van der Waals surface area contributed by atoms with E-state index in [9.17, 15) is 10.2 Å². The lowest BCUT2D eigenvalue weighted by Crippen LogP contribution is -2.63. The molecule has 2 N–H and O–H groups in total. The molecule has 0 saturated carbocycles. The van der Waals surface area contributed by atoms with E-state index in [2.05, 4.69) is 33.9 Å². The molecule has 2 aromatic carbocycles. The Bertz CT molecular complexity index is 839. The topological polar surface area (TPSA) is 77.4 Å². The van der Waals surface area contributed by atoms with Crippen molar-refractivity contribution in [3.05, 3.63) is 71.8 Å². The number of aliphatic hydroxyl groups excluding tert-OH is 2. The molecule has 7 heteroatoms. The highest BCUT2D eigenvalue weighted by Gasteiger charge is 2.51. The molecule has 1 aliphatic rings. The van der Waals surface area contributed by atoms with Crippen LogP contribution >= 0.6 is 0 Å². The summed E-state index contributed by atoms with van der Waals surface area (Å²) in [5.41, 5.74) is 2.01. The Morgan fingerprint density at radius 2 is 1.30 bits per heavy atom. The summed E-state index contributed by atoms with van der Waals surface area (Å²) >= 11 is 0. The first kappa shape index (κ1) is 26.0. The summed E-state index contributed by atoms with van der Waals surface area (Å²) in [4.78, 5) is 0. The van der Waals surface area contributed by atoms with Crippen LogP contribution in [-0.4, -0.2) is 55.8 Å². The maximum Gasteiger partial charge on any atom is 0.192 e. The Hall–Kier alpha value is -1.58. The molecule has 2 aromatic rings. The van der Waals surface area contributed by atoms with Gasteiger partial charge in [-0.3, -0.25) is 0 Å². The maximum atomic E-state index is 10.9. The van der Waals surface area contributed by atoms with Crippen molar-refractivity contribution in [2.45, 2.75) is 82.8 Å². The van der Waals surface area contributed by atoms with Gasteiger partial charge in [-0.05, 0) is 29.3 Å². The van der Waals surface area contributed by atoms with E-state index in [0.717, 1.165) is 11.1 Å². The van der Waals surface area contributed by atoms with E-state index >= 15 is 0 Å². The molecular weight excluding hydrogens is 436 g/mol. The van der Waals surface area contributed by atoms with Crippen LogP contribution in [0.2, 0.25) is 18.1 Å². The predicted octanol–water partition coefficient (Wildman–Crippen LogP) is 4.26. The van der Waals surface area contributed by atoms with Crippen LogP contribution < -0.4 is 0 Å². The van der Waals surface area contributed by atoms with Crippen LogP contribution in [0.3, 0.4) is 0 Å². The van der Waals surface area contributed by atoms with Crippen molar-refractivity contribution >= 4 is 8.32 Å². The molecule has 0 bridgehead atoms. The van der Waals surface area contributed by atoms with E-state index in [-0.39, 0.29) is 11.6 Å². The molecule has 0 amide bonds. The maximum absolute atomic E-state index is 10.9. The van der Waals surface area contributed by atoms with Crippen LogP contribution in [0.4, 0.5) is 0 Å². The van der Waals surface area contributed by atoms with Crippen molar-refractivity contribution in [3.8, 4) is 0 Å². The van der Waals surface area contributed by atoms with Crippen molar-refractivity contribution in [3.63, 3.8) is 0 Å². The van der Waals surface area contributed by atoms with Gasteiger partial charge in [-0.25, -0.2) is 0 Å². The Kier molecular flexibility index (Phi) is 8.86. The minimum absolute atomic E-state index is 0.0646. The fourth-order valence-corrected chi connectivity index (χ4v) is 4.89. The van der Waals surface area contributed by atoms with Gasteiger partial charge in [-0.2, -0.15) is 0 Å². The zero-order chi connectivity index (χ0) is 24.1. The minimum atomic E-state index is -2.27. The predicted molar refractivity (Wildman–Crippen MR) is 130 cm³/mol. The number of hydrogen-bond donors (Lipinski definition) is 2. The van der Waals surface area contributed by atoms with Crippen LogP contribution in [0.1, 0.15) is 31.9 Å². The third-order valence-corrected chi connectivity index (χ3v) is 11.1. The summed E-state index contributed by atoms with van der Waals surface area (Å²) in [6, 6.07) is 19.7. The standard InChI is InChI=1S/C26H38O6Si/c1-26(2,3)33(4,5)32-24-23(30-18-20-14-10-7-11-15-20)22(21(16-27)31-25(24)28)29-17-19-12-8-6-9-13-19/h6-15,21-25,27-28H,16-18H2,1-5H3/t21-,22-,23+,24-,25+/m1/s1. The van der Waals surface area contributed by atoms with Gasteiger partial charge in [0.25, 0.3) is 0 Å². The summed E-state index contributed by atoms with van der Waals surface area (Å²) in [5, 5.41) is 20.9. The van der Waals surface area contributed by atoms with Gasteiger partial charge in [0.15, 0.2) is 14.6 Å². The van der Waals surface area contributed by atoms with Crippen LogP contribution in [0.15, 0.2) is 60.7 Å². The van der Waals surface area contributed by atoms with Crippen molar-refractivity contribution in [1.29, 1.82) is 0 Å². The zero-order valence-corrected chi connectivity index (χ0v) is 21.3. The lowest BCUT2D eigenvalue weighted by atomic mass is 9.98. The van der Waals surface area contributed by atoms with Crippen LogP contribution in [0, 0.1) is 0 Å². The summed E-state index contributed by atoms with van der Waals surface area (Å²) in [7, 11) is -2.27. The second-order valence-electron chi connectivity index (χ2n) is 10.1. The largest absolute Gasteiger partial charge is 0.406 e. The van der Waals surface area contributed by atoms with Crippen LogP contribution in [-0.2, 0) is 31.9 Å². The van der Waals surface area contributed by atoms with Crippen molar-refractivity contribution in [2.24, 2.45) is 0 Å². The number of benzene rings is 2. The second-order valence-corrected chi connectivity index (χ2v) is 14.9. The first-order valence-corrected chi connectivity index (χ1v) is 14.5. The Balaban J connectivity index is 1.87. The molecular formula is C26H38O6Si. The summed E-state index contributed by atoms with van der Waals surface area (Å²) in [6.45, 7) is 11.1. The highest BCUT2D eigenvalue weighted by atomic mass is 28.4. The van der Waals surface area contributed by atoms with Gasteiger partial charge >= 0.3 is 0 Å². The lowest BCUT2D eigenvalue weighted by Gasteiger charge is -2.48. The van der Waals surface area contributed by atoms with Crippen LogP contribution in [0.5, 0.6) is 0 Å². The fraction of sp³-hybridized carbons (Fsp3) is 0.538. The molecule has 3 rings (SSSR count). The Morgan fingerprint density at radius 3 is 1.76 bits per heavy atom. The normalized spacial score (nSPS) is 26.3. The number of aliphatic hydroxyl groups is 2. The molecule has 0 spiro atoms. The SMILES string of the molecule is CC(C)(C)[Si](C)(C)O[C@@H]1[C@@H](OCc2ccccc2)[C@H](OCc2ccccc2)[C@@H](CO)O[C@@H]1O. The van der Waals surface area contributed by atoms with E-state index in [1.165, 1.54) is 0 Å². The van der Waals surface area contributed by atoms with Gasteiger partial charge in [0.05, 0.1) is 19.8 Å². The highest BCUT2D eigenvalue weighted by molar-refractivity contribution is 6.74. The third kappa shape index (κ3) is 6.73.